The van der Waals surface area contributed by atoms with Crippen LogP contribution < -0.4 is 0 Å². The number of aliphatic hydroxyl groups excluding tert-OH is 1. The summed E-state index contributed by atoms with van der Waals surface area (Å²) >= 11 is 0. The zero-order chi connectivity index (χ0) is 16.2. The highest BCUT2D eigenvalue weighted by Gasteiger charge is 2.59. The van der Waals surface area contributed by atoms with Gasteiger partial charge in [0.2, 0.25) is 0 Å². The van der Waals surface area contributed by atoms with Crippen LogP contribution in [0, 0.1) is 46.3 Å². The van der Waals surface area contributed by atoms with Crippen LogP contribution in [0.2, 0.25) is 0 Å². The van der Waals surface area contributed by atoms with E-state index >= 15 is 0 Å². The van der Waals surface area contributed by atoms with E-state index in [2.05, 4.69) is 13.8 Å². The van der Waals surface area contributed by atoms with E-state index in [0.29, 0.717) is 29.3 Å². The Morgan fingerprint density at radius 2 is 1.70 bits per heavy atom. The van der Waals surface area contributed by atoms with E-state index in [9.17, 15) is 9.90 Å². The normalized spacial score (nSPS) is 55.6. The fourth-order valence-corrected chi connectivity index (χ4v) is 7.78. The Kier molecular flexibility index (Phi) is 3.91. The Morgan fingerprint density at radius 3 is 2.43 bits per heavy atom. The molecule has 0 heterocycles. The zero-order valence-electron chi connectivity index (χ0n) is 15.0. The lowest BCUT2D eigenvalue weighted by Crippen LogP contribution is -2.53. The summed E-state index contributed by atoms with van der Waals surface area (Å²) in [6.45, 7) is 5.40. The lowest BCUT2D eigenvalue weighted by molar-refractivity contribution is -0.129. The number of aliphatic hydroxyl groups is 1. The molecule has 4 aliphatic carbocycles. The second-order valence-corrected chi connectivity index (χ2v) is 9.84. The van der Waals surface area contributed by atoms with E-state index in [1.807, 2.05) is 0 Å². The van der Waals surface area contributed by atoms with Crippen molar-refractivity contribution in [3.8, 4) is 0 Å². The molecule has 0 aliphatic heterocycles. The van der Waals surface area contributed by atoms with Crippen LogP contribution in [-0.2, 0) is 4.79 Å². The van der Waals surface area contributed by atoms with Gasteiger partial charge in [-0.05, 0) is 98.2 Å². The molecule has 4 aliphatic rings. The van der Waals surface area contributed by atoms with E-state index in [-0.39, 0.29) is 0 Å². The molecule has 0 amide bonds. The van der Waals surface area contributed by atoms with E-state index in [1.165, 1.54) is 57.7 Å². The second kappa shape index (κ2) is 5.58. The van der Waals surface area contributed by atoms with Crippen molar-refractivity contribution < 1.29 is 9.90 Å². The third-order valence-corrected chi connectivity index (χ3v) is 9.27. The predicted molar refractivity (Wildman–Crippen MR) is 91.9 cm³/mol. The SMILES string of the molecule is C[C@]12CCC(CO)CC1CC[C@@H]1C2CC[C@@]2(C)C1CC[C@@H]2C=O. The van der Waals surface area contributed by atoms with Crippen molar-refractivity contribution in [1.82, 2.24) is 0 Å². The Balaban J connectivity index is 1.59. The number of carbonyl (C=O) groups excluding carboxylic acids is 1. The predicted octanol–water partition coefficient (Wildman–Crippen LogP) is 4.45. The van der Waals surface area contributed by atoms with Gasteiger partial charge < -0.3 is 9.90 Å². The third kappa shape index (κ3) is 2.19. The molecule has 1 N–H and O–H groups in total. The molecule has 0 radical (unpaired) electrons. The van der Waals surface area contributed by atoms with Crippen molar-refractivity contribution in [2.24, 2.45) is 46.3 Å². The first-order chi connectivity index (χ1) is 11.0. The van der Waals surface area contributed by atoms with Crippen molar-refractivity contribution in [2.45, 2.75) is 71.6 Å². The summed E-state index contributed by atoms with van der Waals surface area (Å²) in [4.78, 5) is 11.6. The Labute approximate surface area is 141 Å². The summed E-state index contributed by atoms with van der Waals surface area (Å²) in [6, 6.07) is 0. The third-order valence-electron chi connectivity index (χ3n) is 9.27. The quantitative estimate of drug-likeness (QED) is 0.764. The first-order valence-electron chi connectivity index (χ1n) is 10.1. The number of carbonyl (C=O) groups is 1. The zero-order valence-corrected chi connectivity index (χ0v) is 15.0. The molecule has 8 atom stereocenters. The van der Waals surface area contributed by atoms with Gasteiger partial charge in [-0.15, -0.1) is 0 Å². The highest BCUT2D eigenvalue weighted by atomic mass is 16.3. The smallest absolute Gasteiger partial charge is 0.123 e. The van der Waals surface area contributed by atoms with Gasteiger partial charge in [0.15, 0.2) is 0 Å². The van der Waals surface area contributed by atoms with Crippen molar-refractivity contribution in [2.75, 3.05) is 6.61 Å². The fourth-order valence-electron chi connectivity index (χ4n) is 7.78. The lowest BCUT2D eigenvalue weighted by Gasteiger charge is -2.61. The average Bonchev–Trinajstić information content (AvgIpc) is 2.90. The first kappa shape index (κ1) is 16.1. The van der Waals surface area contributed by atoms with Crippen molar-refractivity contribution >= 4 is 6.29 Å². The molecule has 23 heavy (non-hydrogen) atoms. The summed E-state index contributed by atoms with van der Waals surface area (Å²) in [7, 11) is 0. The first-order valence-corrected chi connectivity index (χ1v) is 10.1. The van der Waals surface area contributed by atoms with Crippen LogP contribution in [0.4, 0.5) is 0 Å². The molecule has 0 bridgehead atoms. The van der Waals surface area contributed by atoms with Gasteiger partial charge in [0.05, 0.1) is 0 Å². The number of aldehydes is 1. The van der Waals surface area contributed by atoms with Crippen LogP contribution >= 0.6 is 0 Å². The summed E-state index contributed by atoms with van der Waals surface area (Å²) < 4.78 is 0. The van der Waals surface area contributed by atoms with Gasteiger partial charge >= 0.3 is 0 Å². The van der Waals surface area contributed by atoms with Gasteiger partial charge in [-0.25, -0.2) is 0 Å². The maximum absolute atomic E-state index is 11.6. The molecular weight excluding hydrogens is 284 g/mol. The Hall–Kier alpha value is -0.370. The van der Waals surface area contributed by atoms with Crippen LogP contribution in [0.15, 0.2) is 0 Å². The van der Waals surface area contributed by atoms with Crippen molar-refractivity contribution in [3.63, 3.8) is 0 Å². The van der Waals surface area contributed by atoms with Gasteiger partial charge in [0.1, 0.15) is 6.29 Å². The number of hydrogen-bond acceptors (Lipinski definition) is 2. The lowest BCUT2D eigenvalue weighted by atomic mass is 9.44. The Bertz CT molecular complexity index is 474. The summed E-state index contributed by atoms with van der Waals surface area (Å²) in [6.07, 6.45) is 12.9. The van der Waals surface area contributed by atoms with Crippen LogP contribution in [0.3, 0.4) is 0 Å². The summed E-state index contributed by atoms with van der Waals surface area (Å²) in [5.74, 6) is 4.26. The number of rotatable bonds is 2. The fraction of sp³-hybridized carbons (Fsp3) is 0.952. The summed E-state index contributed by atoms with van der Waals surface area (Å²) in [5.41, 5.74) is 0.809. The maximum atomic E-state index is 11.6. The van der Waals surface area contributed by atoms with Crippen molar-refractivity contribution in [3.05, 3.63) is 0 Å². The van der Waals surface area contributed by atoms with Gasteiger partial charge in [-0.1, -0.05) is 13.8 Å². The number of fused-ring (bicyclic) bond motifs is 5. The highest BCUT2D eigenvalue weighted by Crippen LogP contribution is 2.67. The molecule has 0 aromatic rings. The van der Waals surface area contributed by atoms with Gasteiger partial charge in [-0.2, -0.15) is 0 Å². The molecule has 0 aromatic carbocycles. The molecule has 0 spiro atoms. The molecule has 4 rings (SSSR count). The monoisotopic (exact) mass is 318 g/mol. The van der Waals surface area contributed by atoms with E-state index < -0.39 is 0 Å². The molecule has 130 valence electrons. The van der Waals surface area contributed by atoms with E-state index in [0.717, 1.165) is 30.1 Å². The van der Waals surface area contributed by atoms with E-state index in [1.54, 1.807) is 0 Å². The number of hydrogen-bond donors (Lipinski definition) is 1. The minimum atomic E-state index is 0.300. The molecule has 4 fully saturated rings. The molecule has 2 nitrogen and oxygen atoms in total. The topological polar surface area (TPSA) is 37.3 Å². The molecular formula is C21H34O2. The van der Waals surface area contributed by atoms with Crippen LogP contribution in [0.1, 0.15) is 71.6 Å². The average molecular weight is 319 g/mol. The largest absolute Gasteiger partial charge is 0.396 e. The minimum Gasteiger partial charge on any atom is -0.396 e. The van der Waals surface area contributed by atoms with Gasteiger partial charge in [0.25, 0.3) is 0 Å². The summed E-state index contributed by atoms with van der Waals surface area (Å²) in [5, 5.41) is 9.58. The van der Waals surface area contributed by atoms with Crippen molar-refractivity contribution in [1.29, 1.82) is 0 Å². The van der Waals surface area contributed by atoms with Crippen LogP contribution in [0.25, 0.3) is 0 Å². The van der Waals surface area contributed by atoms with Crippen LogP contribution in [0.5, 0.6) is 0 Å². The molecule has 4 saturated carbocycles. The standard InChI is InChI=1S/C21H34O2/c1-20-9-7-14(12-22)11-15(20)3-5-17-18-6-4-16(13-23)21(18,2)10-8-19(17)20/h13-19,22H,3-12H2,1-2H3/t14?,15?,16-,17+,18?,19?,20+,21-/m1/s1. The van der Waals surface area contributed by atoms with Crippen LogP contribution in [-0.4, -0.2) is 18.0 Å². The minimum absolute atomic E-state index is 0.300. The van der Waals surface area contributed by atoms with E-state index in [4.69, 9.17) is 0 Å². The maximum Gasteiger partial charge on any atom is 0.123 e. The van der Waals surface area contributed by atoms with Gasteiger partial charge in [-0.3, -0.25) is 0 Å². The highest BCUT2D eigenvalue weighted by molar-refractivity contribution is 5.56. The molecule has 0 saturated heterocycles. The molecule has 0 aromatic heterocycles. The molecule has 2 heteroatoms. The molecule has 4 unspecified atom stereocenters. The Morgan fingerprint density at radius 1 is 0.957 bits per heavy atom. The van der Waals surface area contributed by atoms with Gasteiger partial charge in [0, 0.05) is 12.5 Å². The second-order valence-electron chi connectivity index (χ2n) is 9.84.